The highest BCUT2D eigenvalue weighted by Gasteiger charge is 2.31. The van der Waals surface area contributed by atoms with Crippen molar-refractivity contribution in [2.75, 3.05) is 21.0 Å². The molecule has 0 unspecified atom stereocenters. The second-order valence-electron chi connectivity index (χ2n) is 16.2. The lowest BCUT2D eigenvalue weighted by Gasteiger charge is -2.25. The first kappa shape index (κ1) is 54.8. The third kappa shape index (κ3) is 16.5. The van der Waals surface area contributed by atoms with Gasteiger partial charge in [0.1, 0.15) is 12.2 Å². The van der Waals surface area contributed by atoms with Gasteiger partial charge in [-0.2, -0.15) is 0 Å². The van der Waals surface area contributed by atoms with Crippen LogP contribution in [0.2, 0.25) is 0 Å². The number of hydrogen-bond donors (Lipinski definition) is 1. The van der Waals surface area contributed by atoms with Crippen molar-refractivity contribution in [3.8, 4) is 23.0 Å². The number of carbonyl (C=O) groups excluding carboxylic acids is 5. The number of aromatic nitrogens is 2. The molecule has 0 bridgehead atoms. The lowest BCUT2D eigenvalue weighted by atomic mass is 10.0. The topological polar surface area (TPSA) is 187 Å². The third-order valence-corrected chi connectivity index (χ3v) is 13.6. The summed E-state index contributed by atoms with van der Waals surface area (Å²) in [6, 6.07) is 42.5. The van der Waals surface area contributed by atoms with Gasteiger partial charge in [0, 0.05) is 54.1 Å². The maximum Gasteiger partial charge on any atom is 0.309 e. The third-order valence-electron chi connectivity index (χ3n) is 10.7. The molecule has 2 aromatic heterocycles. The standard InChI is InChI=1S/C29H31NO7S.C26H27NO5S/c1-19(17-24(32)26-27(36-18-35-21(3)31)25(34-4)15-16-30-26)29(33)37-20(2)28(22-11-7-5-8-12-22)38-23-13-9-6-10-14-23;1-17(16-21(28)23-24(29)22(31-3)14-15-27-23)26(30)32-18(2)25(19-10-6-4-7-11-19)33-20-12-8-5-9-13-20/h5-16,19-20,28H,17-18H2,1-4H3;4-15,17-18,25,29H,16H2,1-3H3/t19-,20+,28+;17-,18+,25+/m11/s1. The van der Waals surface area contributed by atoms with E-state index < -0.39 is 60.3 Å². The Morgan fingerprint density at radius 1 is 0.549 bits per heavy atom. The SMILES string of the molecule is COc1ccnc(C(=O)C[C@@H](C)C(=O)O[C@@H](C)[C@H](Sc2ccccc2)c2ccccc2)c1O.COc1ccnc(C(=O)C[C@@H](C)C(=O)O[C@@H](C)[C@H](Sc2ccccc2)c2ccccc2)c1OCOC(C)=O. The van der Waals surface area contributed by atoms with Gasteiger partial charge < -0.3 is 33.5 Å². The first-order valence-corrected chi connectivity index (χ1v) is 24.5. The molecule has 71 heavy (non-hydrogen) atoms. The molecule has 0 aliphatic heterocycles. The minimum absolute atomic E-state index is 0.0222. The van der Waals surface area contributed by atoms with Crippen LogP contribution in [0.5, 0.6) is 23.0 Å². The van der Waals surface area contributed by atoms with Crippen LogP contribution in [-0.4, -0.2) is 77.8 Å². The fourth-order valence-corrected chi connectivity index (χ4v) is 9.29. The van der Waals surface area contributed by atoms with Crippen LogP contribution in [0.15, 0.2) is 156 Å². The van der Waals surface area contributed by atoms with Crippen molar-refractivity contribution < 1.29 is 57.5 Å². The summed E-state index contributed by atoms with van der Waals surface area (Å²) in [6.45, 7) is 7.80. The summed E-state index contributed by atoms with van der Waals surface area (Å²) >= 11 is 3.23. The van der Waals surface area contributed by atoms with Crippen LogP contribution < -0.4 is 14.2 Å². The number of benzene rings is 4. The first-order valence-electron chi connectivity index (χ1n) is 22.7. The number of aromatic hydroxyl groups is 1. The molecule has 0 aliphatic carbocycles. The first-order chi connectivity index (χ1) is 34.2. The molecule has 6 aromatic rings. The minimum Gasteiger partial charge on any atom is -0.503 e. The van der Waals surface area contributed by atoms with Crippen molar-refractivity contribution in [2.24, 2.45) is 11.8 Å². The Hall–Kier alpha value is -7.17. The minimum atomic E-state index is -0.739. The van der Waals surface area contributed by atoms with Crippen molar-refractivity contribution in [2.45, 2.75) is 80.0 Å². The van der Waals surface area contributed by atoms with Crippen LogP contribution in [0.3, 0.4) is 0 Å². The highest BCUT2D eigenvalue weighted by atomic mass is 32.2. The van der Waals surface area contributed by atoms with E-state index in [0.717, 1.165) is 20.9 Å². The van der Waals surface area contributed by atoms with E-state index in [1.807, 2.05) is 135 Å². The van der Waals surface area contributed by atoms with Gasteiger partial charge in [-0.1, -0.05) is 111 Å². The summed E-state index contributed by atoms with van der Waals surface area (Å²) in [4.78, 5) is 72.9. The zero-order chi connectivity index (χ0) is 51.3. The summed E-state index contributed by atoms with van der Waals surface area (Å²) < 4.78 is 32.2. The van der Waals surface area contributed by atoms with Gasteiger partial charge >= 0.3 is 17.9 Å². The summed E-state index contributed by atoms with van der Waals surface area (Å²) in [5.74, 6) is -3.73. The maximum absolute atomic E-state index is 13.1. The number of nitrogens with zero attached hydrogens (tertiary/aromatic N) is 2. The Balaban J connectivity index is 0.000000267. The molecule has 16 heteroatoms. The Labute approximate surface area is 422 Å². The predicted octanol–water partition coefficient (Wildman–Crippen LogP) is 11.1. The van der Waals surface area contributed by atoms with Gasteiger partial charge in [0.25, 0.3) is 0 Å². The van der Waals surface area contributed by atoms with Gasteiger partial charge in [0.2, 0.25) is 6.79 Å². The van der Waals surface area contributed by atoms with E-state index in [1.54, 1.807) is 37.4 Å². The van der Waals surface area contributed by atoms with E-state index in [9.17, 15) is 29.1 Å². The van der Waals surface area contributed by atoms with Crippen LogP contribution in [0.4, 0.5) is 0 Å². The molecule has 0 amide bonds. The molecule has 372 valence electrons. The molecule has 1 N–H and O–H groups in total. The van der Waals surface area contributed by atoms with Gasteiger partial charge in [-0.15, -0.1) is 23.5 Å². The number of pyridine rings is 2. The second-order valence-corrected chi connectivity index (χ2v) is 18.6. The van der Waals surface area contributed by atoms with Gasteiger partial charge in [-0.25, -0.2) is 9.97 Å². The van der Waals surface area contributed by atoms with E-state index in [4.69, 9.17) is 28.4 Å². The lowest BCUT2D eigenvalue weighted by Crippen LogP contribution is -2.26. The van der Waals surface area contributed by atoms with E-state index in [0.29, 0.717) is 0 Å². The summed E-state index contributed by atoms with van der Waals surface area (Å²) in [7, 11) is 2.81. The number of Topliss-reactive ketones (excluding diaryl/α,β-unsaturated/α-hetero) is 2. The van der Waals surface area contributed by atoms with Crippen LogP contribution in [0.1, 0.15) is 90.1 Å². The Kier molecular flexibility index (Phi) is 21.5. The number of thioether (sulfide) groups is 2. The number of ketones is 2. The molecular weight excluding hydrogens is 945 g/mol. The van der Waals surface area contributed by atoms with Crippen molar-refractivity contribution in [1.29, 1.82) is 0 Å². The number of methoxy groups -OCH3 is 2. The summed E-state index contributed by atoms with van der Waals surface area (Å²) in [5, 5.41) is 9.90. The van der Waals surface area contributed by atoms with Crippen molar-refractivity contribution in [3.63, 3.8) is 0 Å². The van der Waals surface area contributed by atoms with Gasteiger partial charge in [0.05, 0.1) is 36.6 Å². The molecule has 0 saturated carbocycles. The highest BCUT2D eigenvalue weighted by Crippen LogP contribution is 2.41. The maximum atomic E-state index is 13.1. The molecule has 6 rings (SSSR count). The zero-order valence-corrected chi connectivity index (χ0v) is 42.2. The molecule has 0 radical (unpaired) electrons. The largest absolute Gasteiger partial charge is 0.503 e. The van der Waals surface area contributed by atoms with E-state index >= 15 is 0 Å². The number of esters is 3. The normalized spacial score (nSPS) is 13.3. The van der Waals surface area contributed by atoms with Crippen molar-refractivity contribution >= 4 is 53.0 Å². The molecule has 4 aromatic carbocycles. The average molecular weight is 1000 g/mol. The Morgan fingerprint density at radius 3 is 1.37 bits per heavy atom. The van der Waals surface area contributed by atoms with Crippen LogP contribution in [0, 0.1) is 11.8 Å². The molecule has 2 heterocycles. The fraction of sp³-hybridized carbons (Fsp3) is 0.291. The molecule has 0 spiro atoms. The van der Waals surface area contributed by atoms with Crippen LogP contribution in [0.25, 0.3) is 0 Å². The van der Waals surface area contributed by atoms with Gasteiger partial charge in [0.15, 0.2) is 46.0 Å². The second kappa shape index (κ2) is 27.9. The van der Waals surface area contributed by atoms with E-state index in [2.05, 4.69) is 9.97 Å². The zero-order valence-electron chi connectivity index (χ0n) is 40.6. The Morgan fingerprint density at radius 2 is 0.944 bits per heavy atom. The Bertz CT molecular complexity index is 2660. The smallest absolute Gasteiger partial charge is 0.309 e. The number of hydrogen-bond acceptors (Lipinski definition) is 16. The quantitative estimate of drug-likeness (QED) is 0.0210. The lowest BCUT2D eigenvalue weighted by molar-refractivity contribution is -0.153. The van der Waals surface area contributed by atoms with Crippen LogP contribution in [-0.2, 0) is 28.6 Å². The highest BCUT2D eigenvalue weighted by molar-refractivity contribution is 7.99. The summed E-state index contributed by atoms with van der Waals surface area (Å²) in [5.41, 5.74) is 1.93. The monoisotopic (exact) mass is 1000 g/mol. The number of rotatable bonds is 23. The molecule has 0 saturated heterocycles. The van der Waals surface area contributed by atoms with Gasteiger partial charge in [-0.05, 0) is 49.2 Å². The molecule has 6 atom stereocenters. The molecule has 0 aliphatic rings. The van der Waals surface area contributed by atoms with E-state index in [1.165, 1.54) is 45.7 Å². The van der Waals surface area contributed by atoms with E-state index in [-0.39, 0.29) is 57.7 Å². The molecular formula is C55H58N2O12S2. The van der Waals surface area contributed by atoms with Crippen molar-refractivity contribution in [1.82, 2.24) is 9.97 Å². The average Bonchev–Trinajstić information content (AvgIpc) is 3.38. The summed E-state index contributed by atoms with van der Waals surface area (Å²) in [6.07, 6.45) is 1.58. The number of ether oxygens (including phenoxy) is 6. The van der Waals surface area contributed by atoms with Gasteiger partial charge in [-0.3, -0.25) is 24.0 Å². The predicted molar refractivity (Wildman–Crippen MR) is 271 cm³/mol. The van der Waals surface area contributed by atoms with Crippen molar-refractivity contribution in [3.05, 3.63) is 168 Å². The fourth-order valence-electron chi connectivity index (χ4n) is 6.99. The van der Waals surface area contributed by atoms with Crippen LogP contribution >= 0.6 is 23.5 Å². The number of carbonyl (C=O) groups is 5. The molecule has 0 fully saturated rings. The molecule has 14 nitrogen and oxygen atoms in total.